The second-order valence-electron chi connectivity index (χ2n) is 7.29. The van der Waals surface area contributed by atoms with Crippen LogP contribution in [0.15, 0.2) is 48.5 Å². The van der Waals surface area contributed by atoms with Gasteiger partial charge >= 0.3 is 6.03 Å². The average molecular weight is 424 g/mol. The number of carbonyl (C=O) groups is 1. The van der Waals surface area contributed by atoms with Gasteiger partial charge in [0.25, 0.3) is 0 Å². The maximum absolute atomic E-state index is 13.7. The Bertz CT molecular complexity index is 1080. The fourth-order valence-corrected chi connectivity index (χ4v) is 3.36. The Kier molecular flexibility index (Phi) is 5.92. The Morgan fingerprint density at radius 2 is 1.65 bits per heavy atom. The highest BCUT2D eigenvalue weighted by Crippen LogP contribution is 2.23. The predicted octanol–water partition coefficient (Wildman–Crippen LogP) is 5.05. The fourth-order valence-electron chi connectivity index (χ4n) is 3.36. The van der Waals surface area contributed by atoms with Crippen molar-refractivity contribution in [2.75, 3.05) is 33.9 Å². The van der Waals surface area contributed by atoms with Crippen LogP contribution in [0, 0.1) is 18.6 Å². The predicted molar refractivity (Wildman–Crippen MR) is 117 cm³/mol. The van der Waals surface area contributed by atoms with Crippen molar-refractivity contribution in [3.8, 4) is 0 Å². The first-order valence-corrected chi connectivity index (χ1v) is 9.97. The summed E-state index contributed by atoms with van der Waals surface area (Å²) < 4.78 is 26.6. The molecule has 1 saturated heterocycles. The third-order valence-corrected chi connectivity index (χ3v) is 4.85. The number of nitrogens with one attached hydrogen (secondary N) is 3. The molecule has 1 aromatic heterocycles. The van der Waals surface area contributed by atoms with Crippen molar-refractivity contribution >= 4 is 34.9 Å². The van der Waals surface area contributed by atoms with Crippen LogP contribution in [0.5, 0.6) is 0 Å². The number of carbonyl (C=O) groups excluding carboxylic acids is 1. The Hall–Kier alpha value is -3.75. The van der Waals surface area contributed by atoms with E-state index in [-0.39, 0.29) is 5.69 Å². The van der Waals surface area contributed by atoms with Gasteiger partial charge in [0.1, 0.15) is 17.5 Å². The molecule has 2 heterocycles. The Morgan fingerprint density at radius 1 is 0.935 bits per heavy atom. The van der Waals surface area contributed by atoms with Gasteiger partial charge in [-0.1, -0.05) is 0 Å². The fraction of sp³-hybridized carbons (Fsp3) is 0.227. The van der Waals surface area contributed by atoms with Gasteiger partial charge in [-0.2, -0.15) is 4.98 Å². The van der Waals surface area contributed by atoms with Gasteiger partial charge in [-0.3, -0.25) is 0 Å². The number of aryl methyl sites for hydroxylation is 1. The van der Waals surface area contributed by atoms with E-state index in [9.17, 15) is 13.6 Å². The van der Waals surface area contributed by atoms with Crippen LogP contribution < -0.4 is 20.9 Å². The molecule has 7 nitrogen and oxygen atoms in total. The van der Waals surface area contributed by atoms with Gasteiger partial charge < -0.3 is 20.9 Å². The molecule has 1 aliphatic rings. The molecule has 1 fully saturated rings. The minimum absolute atomic E-state index is 0.109. The summed E-state index contributed by atoms with van der Waals surface area (Å²) in [7, 11) is 0. The number of hydrogen-bond acceptors (Lipinski definition) is 5. The minimum Gasteiger partial charge on any atom is -0.356 e. The van der Waals surface area contributed by atoms with Crippen LogP contribution in [0.2, 0.25) is 0 Å². The second kappa shape index (κ2) is 8.95. The van der Waals surface area contributed by atoms with E-state index >= 15 is 0 Å². The number of benzene rings is 2. The maximum atomic E-state index is 13.7. The molecular weight excluding hydrogens is 402 g/mol. The lowest BCUT2D eigenvalue weighted by molar-refractivity contribution is 0.262. The molecular formula is C22H22F2N6O. The summed E-state index contributed by atoms with van der Waals surface area (Å²) in [6.07, 6.45) is 2.34. The highest BCUT2D eigenvalue weighted by molar-refractivity contribution is 5.99. The van der Waals surface area contributed by atoms with Gasteiger partial charge in [0.2, 0.25) is 5.95 Å². The van der Waals surface area contributed by atoms with Crippen molar-refractivity contribution in [1.82, 2.24) is 9.97 Å². The van der Waals surface area contributed by atoms with Crippen LogP contribution in [0.3, 0.4) is 0 Å². The third-order valence-electron chi connectivity index (χ3n) is 4.85. The van der Waals surface area contributed by atoms with Crippen molar-refractivity contribution < 1.29 is 13.6 Å². The summed E-state index contributed by atoms with van der Waals surface area (Å²) >= 11 is 0. The number of anilines is 5. The number of aromatic nitrogens is 2. The number of nitrogens with zero attached hydrogens (tertiary/aromatic N) is 3. The van der Waals surface area contributed by atoms with Crippen LogP contribution in [-0.2, 0) is 0 Å². The van der Waals surface area contributed by atoms with Crippen LogP contribution in [0.1, 0.15) is 18.5 Å². The second-order valence-corrected chi connectivity index (χ2v) is 7.29. The molecule has 0 aliphatic carbocycles. The van der Waals surface area contributed by atoms with Crippen LogP contribution in [0.4, 0.5) is 42.4 Å². The number of rotatable bonds is 5. The lowest BCUT2D eigenvalue weighted by atomic mass is 10.2. The van der Waals surface area contributed by atoms with Crippen LogP contribution in [0.25, 0.3) is 0 Å². The van der Waals surface area contributed by atoms with E-state index in [1.54, 1.807) is 24.3 Å². The minimum atomic E-state index is -0.846. The highest BCUT2D eigenvalue weighted by atomic mass is 19.1. The molecule has 0 unspecified atom stereocenters. The van der Waals surface area contributed by atoms with Crippen molar-refractivity contribution in [2.24, 2.45) is 0 Å². The van der Waals surface area contributed by atoms with Crippen molar-refractivity contribution in [3.05, 3.63) is 65.9 Å². The average Bonchev–Trinajstić information content (AvgIpc) is 3.26. The molecule has 0 bridgehead atoms. The standard InChI is InChI=1S/C22H22F2N6O/c1-14-12-20(30-10-2-3-11-30)29-21(25-14)26-16-5-7-17(8-6-16)27-22(31)28-19-9-4-15(23)13-18(19)24/h4-9,12-13H,2-3,10-11H2,1H3,(H,25,26,29)(H2,27,28,31). The zero-order valence-corrected chi connectivity index (χ0v) is 17.0. The van der Waals surface area contributed by atoms with Crippen LogP contribution in [-0.4, -0.2) is 29.1 Å². The number of hydrogen-bond donors (Lipinski definition) is 3. The van der Waals surface area contributed by atoms with Crippen LogP contribution >= 0.6 is 0 Å². The van der Waals surface area contributed by atoms with E-state index in [0.29, 0.717) is 17.7 Å². The molecule has 4 rings (SSSR count). The molecule has 160 valence electrons. The van der Waals surface area contributed by atoms with Gasteiger partial charge in [0.05, 0.1) is 5.69 Å². The van der Waals surface area contributed by atoms with E-state index in [1.165, 1.54) is 12.8 Å². The van der Waals surface area contributed by atoms with E-state index in [2.05, 4.69) is 30.8 Å². The first kappa shape index (κ1) is 20.5. The molecule has 3 aromatic rings. The molecule has 0 atom stereocenters. The normalized spacial score (nSPS) is 13.2. The number of amides is 2. The first-order chi connectivity index (χ1) is 15.0. The molecule has 9 heteroatoms. The van der Waals surface area contributed by atoms with Crippen molar-refractivity contribution in [2.45, 2.75) is 19.8 Å². The topological polar surface area (TPSA) is 82.2 Å². The van der Waals surface area contributed by atoms with E-state index < -0.39 is 17.7 Å². The first-order valence-electron chi connectivity index (χ1n) is 9.97. The molecule has 3 N–H and O–H groups in total. The molecule has 2 amide bonds. The van der Waals surface area contributed by atoms with Gasteiger partial charge in [-0.05, 0) is 56.2 Å². The summed E-state index contributed by atoms with van der Waals surface area (Å²) in [5, 5.41) is 8.13. The SMILES string of the molecule is Cc1cc(N2CCCC2)nc(Nc2ccc(NC(=O)Nc3ccc(F)cc3F)cc2)n1. The Balaban J connectivity index is 1.38. The zero-order valence-electron chi connectivity index (χ0n) is 17.0. The quantitative estimate of drug-likeness (QED) is 0.534. The highest BCUT2D eigenvalue weighted by Gasteiger charge is 2.15. The maximum Gasteiger partial charge on any atom is 0.323 e. The van der Waals surface area contributed by atoms with Gasteiger partial charge in [0.15, 0.2) is 0 Å². The summed E-state index contributed by atoms with van der Waals surface area (Å²) in [5.41, 5.74) is 2.03. The summed E-state index contributed by atoms with van der Waals surface area (Å²) in [4.78, 5) is 23.4. The number of halogens is 2. The molecule has 1 aliphatic heterocycles. The number of urea groups is 1. The van der Waals surface area contributed by atoms with Crippen molar-refractivity contribution in [3.63, 3.8) is 0 Å². The largest absolute Gasteiger partial charge is 0.356 e. The lowest BCUT2D eigenvalue weighted by Crippen LogP contribution is -2.20. The van der Waals surface area contributed by atoms with E-state index in [1.807, 2.05) is 13.0 Å². The van der Waals surface area contributed by atoms with Gasteiger partial charge in [-0.25, -0.2) is 18.6 Å². The summed E-state index contributed by atoms with van der Waals surface area (Å²) in [5.74, 6) is -0.138. The Labute approximate surface area is 178 Å². The summed E-state index contributed by atoms with van der Waals surface area (Å²) in [6, 6.07) is 11.2. The third kappa shape index (κ3) is 5.25. The lowest BCUT2D eigenvalue weighted by Gasteiger charge is -2.17. The monoisotopic (exact) mass is 424 g/mol. The summed E-state index contributed by atoms with van der Waals surface area (Å²) in [6.45, 7) is 3.93. The zero-order chi connectivity index (χ0) is 21.8. The smallest absolute Gasteiger partial charge is 0.323 e. The molecule has 0 radical (unpaired) electrons. The van der Waals surface area contributed by atoms with E-state index in [0.717, 1.165) is 42.4 Å². The molecule has 0 spiro atoms. The Morgan fingerprint density at radius 3 is 2.35 bits per heavy atom. The molecule has 31 heavy (non-hydrogen) atoms. The van der Waals surface area contributed by atoms with Crippen molar-refractivity contribution in [1.29, 1.82) is 0 Å². The van der Waals surface area contributed by atoms with E-state index in [4.69, 9.17) is 0 Å². The molecule has 0 saturated carbocycles. The van der Waals surface area contributed by atoms with Gasteiger partial charge in [-0.15, -0.1) is 0 Å². The van der Waals surface area contributed by atoms with Gasteiger partial charge in [0, 0.05) is 42.3 Å². The molecule has 2 aromatic carbocycles.